The predicted molar refractivity (Wildman–Crippen MR) is 91.2 cm³/mol. The lowest BCUT2D eigenvalue weighted by molar-refractivity contribution is -0.125. The molecule has 0 N–H and O–H groups in total. The number of nitrogens with zero attached hydrogens (tertiary/aromatic N) is 2. The van der Waals surface area contributed by atoms with Crippen molar-refractivity contribution in [3.8, 4) is 17.4 Å². The van der Waals surface area contributed by atoms with Gasteiger partial charge in [-0.15, -0.1) is 0 Å². The highest BCUT2D eigenvalue weighted by atomic mass is 79.9. The summed E-state index contributed by atoms with van der Waals surface area (Å²) in [5.41, 5.74) is 1.04. The molecule has 0 saturated carbocycles. The van der Waals surface area contributed by atoms with Gasteiger partial charge in [0.25, 0.3) is 5.91 Å². The van der Waals surface area contributed by atoms with Crippen LogP contribution in [0.2, 0.25) is 0 Å². The summed E-state index contributed by atoms with van der Waals surface area (Å²) in [6, 6.07) is 13.3. The van der Waals surface area contributed by atoms with Crippen molar-refractivity contribution in [2.24, 2.45) is 0 Å². The van der Waals surface area contributed by atoms with Gasteiger partial charge in [-0.1, -0.05) is 34.1 Å². The van der Waals surface area contributed by atoms with Crippen LogP contribution >= 0.6 is 15.9 Å². The first kappa shape index (κ1) is 15.6. The van der Waals surface area contributed by atoms with E-state index in [0.717, 1.165) is 36.0 Å². The molecule has 5 heteroatoms. The van der Waals surface area contributed by atoms with Crippen molar-refractivity contribution in [2.45, 2.75) is 12.8 Å². The van der Waals surface area contributed by atoms with Crippen LogP contribution in [0.15, 0.2) is 50.9 Å². The van der Waals surface area contributed by atoms with Crippen LogP contribution in [0.1, 0.15) is 18.6 Å². The Kier molecular flexibility index (Phi) is 4.63. The highest BCUT2D eigenvalue weighted by Crippen LogP contribution is 2.30. The fourth-order valence-corrected chi connectivity index (χ4v) is 3.09. The molecule has 0 atom stereocenters. The second-order valence-electron chi connectivity index (χ2n) is 5.35. The van der Waals surface area contributed by atoms with Gasteiger partial charge in [-0.3, -0.25) is 4.79 Å². The molecule has 1 aliphatic rings. The number of benzene rings is 1. The van der Waals surface area contributed by atoms with E-state index in [1.165, 1.54) is 6.08 Å². The second-order valence-corrected chi connectivity index (χ2v) is 6.21. The van der Waals surface area contributed by atoms with Gasteiger partial charge in [-0.05, 0) is 31.0 Å². The van der Waals surface area contributed by atoms with Crippen LogP contribution in [0.25, 0.3) is 17.4 Å². The summed E-state index contributed by atoms with van der Waals surface area (Å²) in [6.07, 6.45) is 3.51. The predicted octanol–water partition coefficient (Wildman–Crippen LogP) is 4.24. The molecule has 3 rings (SSSR count). The Morgan fingerprint density at radius 1 is 1.22 bits per heavy atom. The summed E-state index contributed by atoms with van der Waals surface area (Å²) in [7, 11) is 0. The number of hydrogen-bond acceptors (Lipinski definition) is 3. The standard InChI is InChI=1S/C18H15BrN2O2/c19-16-6-2-1-5-15(16)17-8-7-14(23-17)11-13(12-20)18(22)21-9-3-4-10-21/h1-2,5-8,11H,3-4,9-10H2/b13-11+. The van der Waals surface area contributed by atoms with E-state index in [1.807, 2.05) is 36.4 Å². The van der Waals surface area contributed by atoms with E-state index < -0.39 is 0 Å². The highest BCUT2D eigenvalue weighted by molar-refractivity contribution is 9.10. The number of carbonyl (C=O) groups is 1. The Balaban J connectivity index is 1.86. The van der Waals surface area contributed by atoms with Gasteiger partial charge >= 0.3 is 0 Å². The van der Waals surface area contributed by atoms with Gasteiger partial charge in [-0.2, -0.15) is 5.26 Å². The first-order valence-corrected chi connectivity index (χ1v) is 8.24. The molecule has 4 nitrogen and oxygen atoms in total. The molecule has 2 heterocycles. The molecular weight excluding hydrogens is 356 g/mol. The maximum atomic E-state index is 12.3. The fourth-order valence-electron chi connectivity index (χ4n) is 2.61. The van der Waals surface area contributed by atoms with Crippen molar-refractivity contribution in [3.05, 3.63) is 52.2 Å². The monoisotopic (exact) mass is 370 g/mol. The highest BCUT2D eigenvalue weighted by Gasteiger charge is 2.21. The summed E-state index contributed by atoms with van der Waals surface area (Å²) in [5.74, 6) is 0.971. The zero-order chi connectivity index (χ0) is 16.2. The van der Waals surface area contributed by atoms with E-state index in [1.54, 1.807) is 11.0 Å². The van der Waals surface area contributed by atoms with Gasteiger partial charge in [0.05, 0.1) is 0 Å². The van der Waals surface area contributed by atoms with Crippen molar-refractivity contribution < 1.29 is 9.21 Å². The number of amides is 1. The Morgan fingerprint density at radius 3 is 2.65 bits per heavy atom. The molecule has 1 fully saturated rings. The molecule has 116 valence electrons. The van der Waals surface area contributed by atoms with Crippen LogP contribution in [0.3, 0.4) is 0 Å². The lowest BCUT2D eigenvalue weighted by atomic mass is 10.2. The minimum Gasteiger partial charge on any atom is -0.457 e. The first-order valence-electron chi connectivity index (χ1n) is 7.45. The lowest BCUT2D eigenvalue weighted by Crippen LogP contribution is -2.28. The average molecular weight is 371 g/mol. The van der Waals surface area contributed by atoms with Crippen LogP contribution in [0.5, 0.6) is 0 Å². The van der Waals surface area contributed by atoms with Crippen molar-refractivity contribution in [1.29, 1.82) is 5.26 Å². The number of nitriles is 1. The number of furan rings is 1. The van der Waals surface area contributed by atoms with Crippen LogP contribution in [0.4, 0.5) is 0 Å². The minimum atomic E-state index is -0.219. The van der Waals surface area contributed by atoms with E-state index in [4.69, 9.17) is 4.42 Å². The zero-order valence-corrected chi connectivity index (χ0v) is 14.0. The Hall–Kier alpha value is -2.32. The molecular formula is C18H15BrN2O2. The molecule has 0 spiro atoms. The maximum absolute atomic E-state index is 12.3. The average Bonchev–Trinajstić information content (AvgIpc) is 3.24. The molecule has 1 aromatic carbocycles. The molecule has 0 unspecified atom stereocenters. The topological polar surface area (TPSA) is 57.2 Å². The Labute approximate surface area is 143 Å². The molecule has 0 aliphatic carbocycles. The van der Waals surface area contributed by atoms with Crippen LogP contribution in [-0.2, 0) is 4.79 Å². The van der Waals surface area contributed by atoms with Crippen LogP contribution < -0.4 is 0 Å². The maximum Gasteiger partial charge on any atom is 0.264 e. The van der Waals surface area contributed by atoms with E-state index >= 15 is 0 Å². The molecule has 0 radical (unpaired) electrons. The summed E-state index contributed by atoms with van der Waals surface area (Å²) in [5, 5.41) is 9.27. The van der Waals surface area contributed by atoms with Crippen molar-refractivity contribution in [1.82, 2.24) is 4.90 Å². The van der Waals surface area contributed by atoms with Gasteiger partial charge in [0.15, 0.2) is 0 Å². The fraction of sp³-hybridized carbons (Fsp3) is 0.222. The molecule has 23 heavy (non-hydrogen) atoms. The van der Waals surface area contributed by atoms with Gasteiger partial charge in [0.1, 0.15) is 23.2 Å². The number of halogens is 1. The quantitative estimate of drug-likeness (QED) is 0.599. The summed E-state index contributed by atoms with van der Waals surface area (Å²) in [4.78, 5) is 14.0. The van der Waals surface area contributed by atoms with E-state index in [-0.39, 0.29) is 11.5 Å². The third-order valence-electron chi connectivity index (χ3n) is 3.80. The number of carbonyl (C=O) groups excluding carboxylic acids is 1. The Morgan fingerprint density at radius 2 is 1.96 bits per heavy atom. The summed E-state index contributed by atoms with van der Waals surface area (Å²) >= 11 is 3.49. The Bertz CT molecular complexity index is 795. The van der Waals surface area contributed by atoms with E-state index in [9.17, 15) is 10.1 Å². The van der Waals surface area contributed by atoms with E-state index in [2.05, 4.69) is 15.9 Å². The molecule has 1 aliphatic heterocycles. The number of hydrogen-bond donors (Lipinski definition) is 0. The van der Waals surface area contributed by atoms with Crippen molar-refractivity contribution in [2.75, 3.05) is 13.1 Å². The van der Waals surface area contributed by atoms with Gasteiger partial charge < -0.3 is 9.32 Å². The number of rotatable bonds is 3. The van der Waals surface area contributed by atoms with Crippen molar-refractivity contribution in [3.63, 3.8) is 0 Å². The van der Waals surface area contributed by atoms with Crippen LogP contribution in [-0.4, -0.2) is 23.9 Å². The second kappa shape index (κ2) is 6.84. The molecule has 0 bridgehead atoms. The summed E-state index contributed by atoms with van der Waals surface area (Å²) in [6.45, 7) is 1.44. The van der Waals surface area contributed by atoms with Gasteiger partial charge in [-0.25, -0.2) is 0 Å². The smallest absolute Gasteiger partial charge is 0.264 e. The van der Waals surface area contributed by atoms with Gasteiger partial charge in [0.2, 0.25) is 0 Å². The largest absolute Gasteiger partial charge is 0.457 e. The molecule has 1 aromatic heterocycles. The molecule has 1 amide bonds. The van der Waals surface area contributed by atoms with Crippen LogP contribution in [0, 0.1) is 11.3 Å². The third-order valence-corrected chi connectivity index (χ3v) is 4.49. The molecule has 2 aromatic rings. The normalized spacial score (nSPS) is 14.8. The van der Waals surface area contributed by atoms with Crippen molar-refractivity contribution >= 4 is 27.9 Å². The number of likely N-dealkylation sites (tertiary alicyclic amines) is 1. The first-order chi connectivity index (χ1) is 11.2. The minimum absolute atomic E-state index is 0.111. The van der Waals surface area contributed by atoms with E-state index in [0.29, 0.717) is 11.5 Å². The summed E-state index contributed by atoms with van der Waals surface area (Å²) < 4.78 is 6.70. The zero-order valence-electron chi connectivity index (χ0n) is 12.5. The third kappa shape index (κ3) is 3.38. The molecule has 1 saturated heterocycles. The lowest BCUT2D eigenvalue weighted by Gasteiger charge is -2.13. The van der Waals surface area contributed by atoms with Gasteiger partial charge in [0, 0.05) is 29.2 Å². The SMILES string of the molecule is N#C/C(=C\c1ccc(-c2ccccc2Br)o1)C(=O)N1CCCC1.